The predicted molar refractivity (Wildman–Crippen MR) is 78.6 cm³/mol. The Bertz CT molecular complexity index is 353. The molecule has 1 aliphatic rings. The van der Waals surface area contributed by atoms with Crippen LogP contribution in [0.25, 0.3) is 0 Å². The summed E-state index contributed by atoms with van der Waals surface area (Å²) in [5.74, 6) is 0. The molecular formula is C13H21BrN2S. The first kappa shape index (κ1) is 13.5. The molecule has 2 heterocycles. The lowest BCUT2D eigenvalue weighted by Gasteiger charge is -2.27. The average molecular weight is 317 g/mol. The second kappa shape index (κ2) is 6.32. The zero-order chi connectivity index (χ0) is 12.3. The van der Waals surface area contributed by atoms with Crippen LogP contribution in [0.4, 0.5) is 0 Å². The van der Waals surface area contributed by atoms with Crippen LogP contribution in [0.5, 0.6) is 0 Å². The van der Waals surface area contributed by atoms with E-state index in [2.05, 4.69) is 51.1 Å². The number of thiophene rings is 1. The highest BCUT2D eigenvalue weighted by Gasteiger charge is 2.23. The molecule has 1 fully saturated rings. The maximum absolute atomic E-state index is 3.51. The monoisotopic (exact) mass is 316 g/mol. The van der Waals surface area contributed by atoms with Crippen LogP contribution >= 0.6 is 27.3 Å². The highest BCUT2D eigenvalue weighted by atomic mass is 79.9. The molecule has 2 nitrogen and oxygen atoms in total. The fourth-order valence-corrected chi connectivity index (χ4v) is 4.18. The van der Waals surface area contributed by atoms with Crippen LogP contribution in [0.3, 0.4) is 0 Å². The Morgan fingerprint density at radius 3 is 3.06 bits per heavy atom. The van der Waals surface area contributed by atoms with Gasteiger partial charge in [0.15, 0.2) is 0 Å². The van der Waals surface area contributed by atoms with Gasteiger partial charge in [-0.1, -0.05) is 6.92 Å². The first-order valence-corrected chi connectivity index (χ1v) is 8.01. The molecule has 17 heavy (non-hydrogen) atoms. The van der Waals surface area contributed by atoms with Gasteiger partial charge in [0.2, 0.25) is 0 Å². The fourth-order valence-electron chi connectivity index (χ4n) is 2.65. The molecule has 4 heteroatoms. The van der Waals surface area contributed by atoms with E-state index in [1.54, 1.807) is 0 Å². The molecule has 96 valence electrons. The van der Waals surface area contributed by atoms with Crippen molar-refractivity contribution in [2.24, 2.45) is 0 Å². The van der Waals surface area contributed by atoms with Crippen LogP contribution in [0.15, 0.2) is 15.9 Å². The van der Waals surface area contributed by atoms with Gasteiger partial charge in [-0.15, -0.1) is 11.3 Å². The summed E-state index contributed by atoms with van der Waals surface area (Å²) >= 11 is 5.35. The van der Waals surface area contributed by atoms with Crippen LogP contribution in [-0.4, -0.2) is 42.5 Å². The second-order valence-electron chi connectivity index (χ2n) is 4.85. The van der Waals surface area contributed by atoms with Gasteiger partial charge in [0, 0.05) is 33.9 Å². The number of nitrogens with zero attached hydrogens (tertiary/aromatic N) is 2. The molecule has 1 atom stereocenters. The minimum absolute atomic E-state index is 0.772. The molecule has 0 N–H and O–H groups in total. The molecule has 0 bridgehead atoms. The lowest BCUT2D eigenvalue weighted by Crippen LogP contribution is -2.38. The zero-order valence-corrected chi connectivity index (χ0v) is 13.1. The van der Waals surface area contributed by atoms with E-state index >= 15 is 0 Å². The summed E-state index contributed by atoms with van der Waals surface area (Å²) in [6, 6.07) is 3.00. The molecule has 0 aliphatic carbocycles. The van der Waals surface area contributed by atoms with Crippen LogP contribution in [0.1, 0.15) is 24.6 Å². The third-order valence-corrected chi connectivity index (χ3v) is 5.16. The van der Waals surface area contributed by atoms with Crippen LogP contribution in [0, 0.1) is 0 Å². The first-order chi connectivity index (χ1) is 8.19. The average Bonchev–Trinajstić information content (AvgIpc) is 2.87. The number of rotatable bonds is 5. The summed E-state index contributed by atoms with van der Waals surface area (Å²) in [5.41, 5.74) is 0. The summed E-state index contributed by atoms with van der Waals surface area (Å²) in [4.78, 5) is 6.51. The van der Waals surface area contributed by atoms with E-state index in [-0.39, 0.29) is 0 Å². The Morgan fingerprint density at radius 1 is 1.59 bits per heavy atom. The highest BCUT2D eigenvalue weighted by molar-refractivity contribution is 9.10. The Balaban J connectivity index is 1.82. The Morgan fingerprint density at radius 2 is 2.41 bits per heavy atom. The summed E-state index contributed by atoms with van der Waals surface area (Å²) in [6.45, 7) is 7.03. The van der Waals surface area contributed by atoms with Gasteiger partial charge in [-0.05, 0) is 55.0 Å². The summed E-state index contributed by atoms with van der Waals surface area (Å²) < 4.78 is 1.21. The van der Waals surface area contributed by atoms with E-state index in [4.69, 9.17) is 0 Å². The zero-order valence-electron chi connectivity index (χ0n) is 10.7. The second-order valence-corrected chi connectivity index (χ2v) is 6.76. The maximum atomic E-state index is 3.51. The minimum atomic E-state index is 0.772. The van der Waals surface area contributed by atoms with Gasteiger partial charge in [-0.25, -0.2) is 0 Å². The van der Waals surface area contributed by atoms with Crippen molar-refractivity contribution < 1.29 is 0 Å². The molecule has 1 aromatic rings. The number of likely N-dealkylation sites (tertiary alicyclic amines) is 1. The molecule has 0 saturated carbocycles. The van der Waals surface area contributed by atoms with Crippen molar-refractivity contribution >= 4 is 27.3 Å². The Kier molecular flexibility index (Phi) is 5.03. The predicted octanol–water partition coefficient (Wildman–Crippen LogP) is 3.43. The molecule has 1 aliphatic heterocycles. The molecular weight excluding hydrogens is 296 g/mol. The third-order valence-electron chi connectivity index (χ3n) is 3.48. The van der Waals surface area contributed by atoms with E-state index in [9.17, 15) is 0 Å². The molecule has 1 unspecified atom stereocenters. The van der Waals surface area contributed by atoms with Crippen molar-refractivity contribution in [3.05, 3.63) is 20.8 Å². The number of hydrogen-bond donors (Lipinski definition) is 0. The van der Waals surface area contributed by atoms with Gasteiger partial charge in [0.25, 0.3) is 0 Å². The number of hydrogen-bond acceptors (Lipinski definition) is 3. The van der Waals surface area contributed by atoms with Crippen molar-refractivity contribution in [3.63, 3.8) is 0 Å². The summed E-state index contributed by atoms with van der Waals surface area (Å²) in [7, 11) is 2.24. The Hall–Kier alpha value is 0.1000. The van der Waals surface area contributed by atoms with Gasteiger partial charge in [0.05, 0.1) is 0 Å². The van der Waals surface area contributed by atoms with Crippen molar-refractivity contribution in [3.8, 4) is 0 Å². The third kappa shape index (κ3) is 3.78. The molecule has 0 radical (unpaired) electrons. The van der Waals surface area contributed by atoms with Crippen LogP contribution in [-0.2, 0) is 6.54 Å². The van der Waals surface area contributed by atoms with E-state index in [0.29, 0.717) is 0 Å². The summed E-state index contributed by atoms with van der Waals surface area (Å²) in [6.07, 6.45) is 2.74. The van der Waals surface area contributed by atoms with Gasteiger partial charge in [-0.2, -0.15) is 0 Å². The van der Waals surface area contributed by atoms with Gasteiger partial charge < -0.3 is 0 Å². The van der Waals surface area contributed by atoms with Gasteiger partial charge in [-0.3, -0.25) is 9.80 Å². The van der Waals surface area contributed by atoms with Crippen molar-refractivity contribution in [2.45, 2.75) is 32.4 Å². The maximum Gasteiger partial charge on any atom is 0.0325 e. The molecule has 0 spiro atoms. The molecule has 0 amide bonds. The quantitative estimate of drug-likeness (QED) is 0.821. The molecule has 0 aromatic carbocycles. The minimum Gasteiger partial charge on any atom is -0.300 e. The fraction of sp³-hybridized carbons (Fsp3) is 0.692. The van der Waals surface area contributed by atoms with Gasteiger partial charge >= 0.3 is 0 Å². The van der Waals surface area contributed by atoms with Crippen LogP contribution in [0.2, 0.25) is 0 Å². The van der Waals surface area contributed by atoms with E-state index < -0.39 is 0 Å². The summed E-state index contributed by atoms with van der Waals surface area (Å²) in [5, 5.41) is 2.16. The topological polar surface area (TPSA) is 6.48 Å². The standard InChI is InChI=1S/C13H21BrN2S/c1-3-16-6-4-5-12(16)8-15(2)9-13-7-11(14)10-17-13/h7,10,12H,3-6,8-9H2,1-2H3. The molecule has 1 aromatic heterocycles. The lowest BCUT2D eigenvalue weighted by atomic mass is 10.2. The first-order valence-electron chi connectivity index (χ1n) is 6.34. The van der Waals surface area contributed by atoms with E-state index in [0.717, 1.165) is 12.6 Å². The van der Waals surface area contributed by atoms with Crippen LogP contribution < -0.4 is 0 Å². The number of likely N-dealkylation sites (N-methyl/N-ethyl adjacent to an activating group) is 2. The smallest absolute Gasteiger partial charge is 0.0325 e. The number of halogens is 1. The lowest BCUT2D eigenvalue weighted by molar-refractivity contribution is 0.195. The van der Waals surface area contributed by atoms with Crippen molar-refractivity contribution in [1.82, 2.24) is 9.80 Å². The molecule has 2 rings (SSSR count). The highest BCUT2D eigenvalue weighted by Crippen LogP contribution is 2.22. The van der Waals surface area contributed by atoms with Crippen molar-refractivity contribution in [2.75, 3.05) is 26.7 Å². The van der Waals surface area contributed by atoms with Gasteiger partial charge in [0.1, 0.15) is 0 Å². The molecule has 1 saturated heterocycles. The normalized spacial score (nSPS) is 21.5. The largest absolute Gasteiger partial charge is 0.300 e. The van der Waals surface area contributed by atoms with E-state index in [1.807, 2.05) is 11.3 Å². The Labute approximate surface area is 117 Å². The van der Waals surface area contributed by atoms with E-state index in [1.165, 1.54) is 41.8 Å². The SMILES string of the molecule is CCN1CCCC1CN(C)Cc1cc(Br)cs1. The van der Waals surface area contributed by atoms with Crippen molar-refractivity contribution in [1.29, 1.82) is 0 Å².